The molecular formula is C18H32N2S. The van der Waals surface area contributed by atoms with Crippen molar-refractivity contribution in [2.75, 3.05) is 6.54 Å². The maximum absolute atomic E-state index is 4.93. The molecule has 1 aromatic heterocycles. The van der Waals surface area contributed by atoms with Crippen molar-refractivity contribution in [1.82, 2.24) is 10.3 Å². The SMILES string of the molecule is CCCNC1(c2nc(C)c(C)s2)CCCC(C(C)C)CC1. The molecule has 1 aromatic rings. The van der Waals surface area contributed by atoms with Crippen LogP contribution in [0.1, 0.15) is 74.9 Å². The first-order valence-corrected chi connectivity index (χ1v) is 9.49. The normalized spacial score (nSPS) is 27.0. The van der Waals surface area contributed by atoms with Gasteiger partial charge in [-0.3, -0.25) is 0 Å². The van der Waals surface area contributed by atoms with Gasteiger partial charge in [-0.05, 0) is 57.9 Å². The van der Waals surface area contributed by atoms with Gasteiger partial charge >= 0.3 is 0 Å². The Morgan fingerprint density at radius 2 is 2.05 bits per heavy atom. The summed E-state index contributed by atoms with van der Waals surface area (Å²) < 4.78 is 0. The van der Waals surface area contributed by atoms with Gasteiger partial charge in [-0.15, -0.1) is 11.3 Å². The summed E-state index contributed by atoms with van der Waals surface area (Å²) in [5.41, 5.74) is 1.36. The van der Waals surface area contributed by atoms with E-state index in [0.29, 0.717) is 0 Å². The van der Waals surface area contributed by atoms with Crippen molar-refractivity contribution in [1.29, 1.82) is 0 Å². The molecule has 1 aliphatic rings. The highest BCUT2D eigenvalue weighted by Gasteiger charge is 2.37. The lowest BCUT2D eigenvalue weighted by molar-refractivity contribution is 0.275. The van der Waals surface area contributed by atoms with Crippen LogP contribution in [0.4, 0.5) is 0 Å². The van der Waals surface area contributed by atoms with Crippen LogP contribution in [-0.4, -0.2) is 11.5 Å². The molecule has 0 radical (unpaired) electrons. The van der Waals surface area contributed by atoms with E-state index in [0.717, 1.165) is 18.4 Å². The Labute approximate surface area is 134 Å². The molecule has 0 bridgehead atoms. The van der Waals surface area contributed by atoms with E-state index in [1.165, 1.54) is 54.1 Å². The van der Waals surface area contributed by atoms with Gasteiger partial charge in [0.15, 0.2) is 0 Å². The van der Waals surface area contributed by atoms with Crippen molar-refractivity contribution >= 4 is 11.3 Å². The molecular weight excluding hydrogens is 276 g/mol. The molecule has 0 saturated heterocycles. The van der Waals surface area contributed by atoms with Crippen LogP contribution in [0.25, 0.3) is 0 Å². The molecule has 1 fully saturated rings. The molecule has 1 heterocycles. The summed E-state index contributed by atoms with van der Waals surface area (Å²) >= 11 is 1.92. The number of aromatic nitrogens is 1. The number of aryl methyl sites for hydroxylation is 2. The molecule has 2 atom stereocenters. The van der Waals surface area contributed by atoms with Crippen LogP contribution in [0.2, 0.25) is 0 Å². The monoisotopic (exact) mass is 308 g/mol. The summed E-state index contributed by atoms with van der Waals surface area (Å²) in [5.74, 6) is 1.70. The lowest BCUT2D eigenvalue weighted by Crippen LogP contribution is -2.42. The fourth-order valence-electron chi connectivity index (χ4n) is 3.54. The van der Waals surface area contributed by atoms with E-state index in [4.69, 9.17) is 4.98 Å². The van der Waals surface area contributed by atoms with E-state index in [2.05, 4.69) is 39.9 Å². The van der Waals surface area contributed by atoms with Crippen LogP contribution >= 0.6 is 11.3 Å². The standard InChI is InChI=1S/C18H32N2S/c1-6-12-19-18(17-20-14(4)15(5)21-17)10-7-8-16(9-11-18)13(2)3/h13,16,19H,6-12H2,1-5H3. The minimum Gasteiger partial charge on any atom is -0.305 e. The number of thiazole rings is 1. The summed E-state index contributed by atoms with van der Waals surface area (Å²) in [7, 11) is 0. The van der Waals surface area contributed by atoms with Gasteiger partial charge in [0.1, 0.15) is 5.01 Å². The Kier molecular flexibility index (Phi) is 5.84. The number of nitrogens with one attached hydrogen (secondary N) is 1. The maximum atomic E-state index is 4.93. The average Bonchev–Trinajstić information content (AvgIpc) is 2.67. The second-order valence-corrected chi connectivity index (χ2v) is 8.31. The molecule has 2 rings (SSSR count). The molecule has 0 aromatic carbocycles. The highest BCUT2D eigenvalue weighted by atomic mass is 32.1. The van der Waals surface area contributed by atoms with E-state index in [9.17, 15) is 0 Å². The summed E-state index contributed by atoms with van der Waals surface area (Å²) in [6, 6.07) is 0. The summed E-state index contributed by atoms with van der Waals surface area (Å²) in [5, 5.41) is 5.23. The molecule has 21 heavy (non-hydrogen) atoms. The Morgan fingerprint density at radius 3 is 2.62 bits per heavy atom. The topological polar surface area (TPSA) is 24.9 Å². The molecule has 3 heteroatoms. The lowest BCUT2D eigenvalue weighted by Gasteiger charge is -2.32. The van der Waals surface area contributed by atoms with Crippen molar-refractivity contribution in [3.05, 3.63) is 15.6 Å². The van der Waals surface area contributed by atoms with Crippen molar-refractivity contribution in [2.24, 2.45) is 11.8 Å². The Balaban J connectivity index is 2.24. The zero-order chi connectivity index (χ0) is 15.5. The Hall–Kier alpha value is -0.410. The second kappa shape index (κ2) is 7.23. The molecule has 0 aliphatic heterocycles. The van der Waals surface area contributed by atoms with Crippen molar-refractivity contribution in [2.45, 2.75) is 78.7 Å². The zero-order valence-electron chi connectivity index (χ0n) is 14.5. The van der Waals surface area contributed by atoms with Gasteiger partial charge in [-0.25, -0.2) is 4.98 Å². The lowest BCUT2D eigenvalue weighted by atomic mass is 9.86. The van der Waals surface area contributed by atoms with Crippen LogP contribution in [0.15, 0.2) is 0 Å². The van der Waals surface area contributed by atoms with Gasteiger partial charge < -0.3 is 5.32 Å². The van der Waals surface area contributed by atoms with Crippen molar-refractivity contribution in [3.8, 4) is 0 Å². The quantitative estimate of drug-likeness (QED) is 0.757. The molecule has 2 unspecified atom stereocenters. The largest absolute Gasteiger partial charge is 0.305 e. The number of hydrogen-bond acceptors (Lipinski definition) is 3. The molecule has 1 N–H and O–H groups in total. The van der Waals surface area contributed by atoms with E-state index in [1.807, 2.05) is 11.3 Å². The molecule has 1 saturated carbocycles. The average molecular weight is 309 g/mol. The third-order valence-electron chi connectivity index (χ3n) is 5.21. The highest BCUT2D eigenvalue weighted by Crippen LogP contribution is 2.41. The van der Waals surface area contributed by atoms with Crippen LogP contribution in [-0.2, 0) is 5.54 Å². The van der Waals surface area contributed by atoms with Gasteiger partial charge in [-0.2, -0.15) is 0 Å². The van der Waals surface area contributed by atoms with Gasteiger partial charge in [0.05, 0.1) is 11.2 Å². The number of nitrogens with zero attached hydrogens (tertiary/aromatic N) is 1. The number of rotatable bonds is 5. The molecule has 2 nitrogen and oxygen atoms in total. The summed E-state index contributed by atoms with van der Waals surface area (Å²) in [6.07, 6.45) is 7.75. The van der Waals surface area contributed by atoms with Gasteiger partial charge in [0.25, 0.3) is 0 Å². The van der Waals surface area contributed by atoms with E-state index < -0.39 is 0 Å². The molecule has 1 aliphatic carbocycles. The number of hydrogen-bond donors (Lipinski definition) is 1. The zero-order valence-corrected chi connectivity index (χ0v) is 15.3. The third kappa shape index (κ3) is 3.87. The highest BCUT2D eigenvalue weighted by molar-refractivity contribution is 7.11. The van der Waals surface area contributed by atoms with Crippen molar-refractivity contribution < 1.29 is 0 Å². The molecule has 0 amide bonds. The van der Waals surface area contributed by atoms with Gasteiger partial charge in [0.2, 0.25) is 0 Å². The van der Waals surface area contributed by atoms with E-state index >= 15 is 0 Å². The van der Waals surface area contributed by atoms with Crippen LogP contribution in [0.3, 0.4) is 0 Å². The van der Waals surface area contributed by atoms with Crippen LogP contribution in [0.5, 0.6) is 0 Å². The van der Waals surface area contributed by atoms with Gasteiger partial charge in [-0.1, -0.05) is 33.6 Å². The van der Waals surface area contributed by atoms with E-state index in [1.54, 1.807) is 0 Å². The first-order chi connectivity index (χ1) is 9.98. The molecule has 120 valence electrons. The smallest absolute Gasteiger partial charge is 0.113 e. The summed E-state index contributed by atoms with van der Waals surface area (Å²) in [6.45, 7) is 12.5. The third-order valence-corrected chi connectivity index (χ3v) is 6.49. The van der Waals surface area contributed by atoms with Gasteiger partial charge in [0, 0.05) is 4.88 Å². The first-order valence-electron chi connectivity index (χ1n) is 8.68. The van der Waals surface area contributed by atoms with Crippen LogP contribution in [0, 0.1) is 25.7 Å². The van der Waals surface area contributed by atoms with Crippen LogP contribution < -0.4 is 5.32 Å². The molecule has 0 spiro atoms. The fourth-order valence-corrected chi connectivity index (χ4v) is 4.68. The maximum Gasteiger partial charge on any atom is 0.113 e. The van der Waals surface area contributed by atoms with E-state index in [-0.39, 0.29) is 5.54 Å². The second-order valence-electron chi connectivity index (χ2n) is 7.10. The summed E-state index contributed by atoms with van der Waals surface area (Å²) in [4.78, 5) is 6.31. The predicted molar refractivity (Wildman–Crippen MR) is 93.0 cm³/mol. The fraction of sp³-hybridized carbons (Fsp3) is 0.833. The minimum absolute atomic E-state index is 0.142. The van der Waals surface area contributed by atoms with Crippen molar-refractivity contribution in [3.63, 3.8) is 0 Å². The minimum atomic E-state index is 0.142. The Morgan fingerprint density at radius 1 is 1.29 bits per heavy atom. The first kappa shape index (κ1) is 17.0. The Bertz CT molecular complexity index is 433. The predicted octanol–water partition coefficient (Wildman–Crippen LogP) is 5.19.